The van der Waals surface area contributed by atoms with Crippen molar-refractivity contribution in [1.82, 2.24) is 19.8 Å². The predicted molar refractivity (Wildman–Crippen MR) is 92.9 cm³/mol. The molecule has 2 aromatic heterocycles. The molecule has 1 fully saturated rings. The molecule has 1 aliphatic rings. The number of likely N-dealkylation sites (tertiary alicyclic amines) is 1. The Bertz CT molecular complexity index is 614. The first-order valence-corrected chi connectivity index (χ1v) is 8.41. The second-order valence-electron chi connectivity index (χ2n) is 6.70. The van der Waals surface area contributed by atoms with Crippen LogP contribution in [0.25, 0.3) is 0 Å². The summed E-state index contributed by atoms with van der Waals surface area (Å²) in [7, 11) is 2.21. The van der Waals surface area contributed by atoms with Crippen LogP contribution in [0.15, 0.2) is 42.9 Å². The third-order valence-corrected chi connectivity index (χ3v) is 4.63. The fraction of sp³-hybridized carbons (Fsp3) is 0.474. The van der Waals surface area contributed by atoms with E-state index in [9.17, 15) is 0 Å². The summed E-state index contributed by atoms with van der Waals surface area (Å²) in [6.45, 7) is 7.64. The van der Waals surface area contributed by atoms with Crippen LogP contribution in [0.4, 0.5) is 0 Å². The quantitative estimate of drug-likeness (QED) is 0.821. The van der Waals surface area contributed by atoms with Gasteiger partial charge < -0.3 is 4.90 Å². The summed E-state index contributed by atoms with van der Waals surface area (Å²) in [5.74, 6) is 0.758. The van der Waals surface area contributed by atoms with Gasteiger partial charge >= 0.3 is 0 Å². The maximum absolute atomic E-state index is 4.39. The van der Waals surface area contributed by atoms with Crippen molar-refractivity contribution in [2.24, 2.45) is 5.92 Å². The Hall–Kier alpha value is -1.78. The van der Waals surface area contributed by atoms with E-state index in [-0.39, 0.29) is 0 Å². The van der Waals surface area contributed by atoms with Crippen molar-refractivity contribution < 1.29 is 0 Å². The highest BCUT2D eigenvalue weighted by Gasteiger charge is 2.23. The van der Waals surface area contributed by atoms with E-state index >= 15 is 0 Å². The molecule has 122 valence electrons. The molecule has 0 bridgehead atoms. The number of hydrogen-bond acceptors (Lipinski definition) is 4. The van der Waals surface area contributed by atoms with Gasteiger partial charge in [-0.2, -0.15) is 0 Å². The molecular weight excluding hydrogens is 284 g/mol. The maximum Gasteiger partial charge on any atom is 0.0417 e. The number of aromatic nitrogens is 2. The molecule has 1 aliphatic heterocycles. The van der Waals surface area contributed by atoms with E-state index in [0.717, 1.165) is 31.2 Å². The molecule has 0 spiro atoms. The van der Waals surface area contributed by atoms with Gasteiger partial charge in [0.05, 0.1) is 0 Å². The van der Waals surface area contributed by atoms with Gasteiger partial charge in [-0.25, -0.2) is 0 Å². The third kappa shape index (κ3) is 4.60. The summed E-state index contributed by atoms with van der Waals surface area (Å²) >= 11 is 0. The van der Waals surface area contributed by atoms with Crippen molar-refractivity contribution in [3.05, 3.63) is 59.7 Å². The van der Waals surface area contributed by atoms with Crippen LogP contribution < -0.4 is 0 Å². The summed E-state index contributed by atoms with van der Waals surface area (Å²) in [6.07, 6.45) is 6.96. The lowest BCUT2D eigenvalue weighted by atomic mass is 10.1. The van der Waals surface area contributed by atoms with Crippen LogP contribution in [0.2, 0.25) is 0 Å². The Kier molecular flexibility index (Phi) is 5.36. The van der Waals surface area contributed by atoms with Crippen molar-refractivity contribution >= 4 is 0 Å². The highest BCUT2D eigenvalue weighted by molar-refractivity contribution is 5.18. The molecule has 4 nitrogen and oxygen atoms in total. The predicted octanol–water partition coefficient (Wildman–Crippen LogP) is 2.74. The number of hydrogen-bond donors (Lipinski definition) is 0. The Labute approximate surface area is 139 Å². The SMILES string of the molecule is Cc1ncccc1CN1CC[C@@H](CN(C)Cc2cccnc2)C1. The smallest absolute Gasteiger partial charge is 0.0417 e. The first-order chi connectivity index (χ1) is 11.2. The molecule has 0 unspecified atom stereocenters. The largest absolute Gasteiger partial charge is 0.302 e. The van der Waals surface area contributed by atoms with Gasteiger partial charge in [0.2, 0.25) is 0 Å². The zero-order valence-electron chi connectivity index (χ0n) is 14.2. The average molecular weight is 310 g/mol. The van der Waals surface area contributed by atoms with E-state index < -0.39 is 0 Å². The lowest BCUT2D eigenvalue weighted by Gasteiger charge is -2.21. The van der Waals surface area contributed by atoms with E-state index in [1.165, 1.54) is 30.6 Å². The van der Waals surface area contributed by atoms with Gasteiger partial charge in [0, 0.05) is 50.5 Å². The van der Waals surface area contributed by atoms with Crippen LogP contribution in [-0.4, -0.2) is 46.4 Å². The molecule has 1 atom stereocenters. The molecule has 0 aromatic carbocycles. The van der Waals surface area contributed by atoms with E-state index in [1.54, 1.807) is 0 Å². The molecule has 4 heteroatoms. The van der Waals surface area contributed by atoms with E-state index in [2.05, 4.69) is 45.9 Å². The summed E-state index contributed by atoms with van der Waals surface area (Å²) in [4.78, 5) is 13.6. The summed E-state index contributed by atoms with van der Waals surface area (Å²) in [5, 5.41) is 0. The van der Waals surface area contributed by atoms with Crippen LogP contribution in [-0.2, 0) is 13.1 Å². The van der Waals surface area contributed by atoms with Gasteiger partial charge in [-0.05, 0) is 56.1 Å². The molecular formula is C19H26N4. The van der Waals surface area contributed by atoms with E-state index in [4.69, 9.17) is 0 Å². The van der Waals surface area contributed by atoms with Crippen molar-refractivity contribution in [3.63, 3.8) is 0 Å². The average Bonchev–Trinajstić information content (AvgIpc) is 2.97. The fourth-order valence-corrected chi connectivity index (χ4v) is 3.44. The Balaban J connectivity index is 1.47. The minimum absolute atomic E-state index is 0.758. The highest BCUT2D eigenvalue weighted by atomic mass is 15.2. The van der Waals surface area contributed by atoms with Crippen molar-refractivity contribution in [2.75, 3.05) is 26.7 Å². The molecule has 0 saturated carbocycles. The normalized spacial score (nSPS) is 18.7. The minimum Gasteiger partial charge on any atom is -0.302 e. The van der Waals surface area contributed by atoms with Crippen molar-refractivity contribution in [3.8, 4) is 0 Å². The second kappa shape index (κ2) is 7.66. The van der Waals surface area contributed by atoms with Gasteiger partial charge in [0.15, 0.2) is 0 Å². The van der Waals surface area contributed by atoms with Crippen LogP contribution >= 0.6 is 0 Å². The lowest BCUT2D eigenvalue weighted by molar-refractivity contribution is 0.254. The van der Waals surface area contributed by atoms with E-state index in [0.29, 0.717) is 0 Å². The first kappa shape index (κ1) is 16.1. The highest BCUT2D eigenvalue weighted by Crippen LogP contribution is 2.20. The standard InChI is InChI=1S/C19H26N4/c1-16-19(6-4-9-21-16)15-23-10-7-18(14-23)13-22(2)12-17-5-3-8-20-11-17/h3-6,8-9,11,18H,7,10,12-15H2,1-2H3/t18-/m0/s1. The molecule has 3 rings (SSSR count). The number of rotatable bonds is 6. The lowest BCUT2D eigenvalue weighted by Crippen LogP contribution is -2.28. The zero-order valence-corrected chi connectivity index (χ0v) is 14.2. The molecule has 2 aromatic rings. The molecule has 0 aliphatic carbocycles. The van der Waals surface area contributed by atoms with Gasteiger partial charge in [-0.1, -0.05) is 12.1 Å². The number of aryl methyl sites for hydroxylation is 1. The van der Waals surface area contributed by atoms with Crippen LogP contribution in [0, 0.1) is 12.8 Å². The summed E-state index contributed by atoms with van der Waals surface area (Å²) < 4.78 is 0. The van der Waals surface area contributed by atoms with Gasteiger partial charge in [0.1, 0.15) is 0 Å². The molecule has 23 heavy (non-hydrogen) atoms. The monoisotopic (exact) mass is 310 g/mol. The molecule has 0 amide bonds. The van der Waals surface area contributed by atoms with E-state index in [1.807, 2.05) is 30.7 Å². The Morgan fingerprint density at radius 1 is 1.26 bits per heavy atom. The summed E-state index contributed by atoms with van der Waals surface area (Å²) in [6, 6.07) is 8.40. The van der Waals surface area contributed by atoms with Crippen molar-refractivity contribution in [1.29, 1.82) is 0 Å². The topological polar surface area (TPSA) is 32.3 Å². The van der Waals surface area contributed by atoms with Crippen LogP contribution in [0.3, 0.4) is 0 Å². The molecule has 0 radical (unpaired) electrons. The maximum atomic E-state index is 4.39. The van der Waals surface area contributed by atoms with Gasteiger partial charge in [-0.3, -0.25) is 14.9 Å². The molecule has 1 saturated heterocycles. The third-order valence-electron chi connectivity index (χ3n) is 4.63. The fourth-order valence-electron chi connectivity index (χ4n) is 3.44. The first-order valence-electron chi connectivity index (χ1n) is 8.41. The Morgan fingerprint density at radius 2 is 2.13 bits per heavy atom. The van der Waals surface area contributed by atoms with Crippen LogP contribution in [0.5, 0.6) is 0 Å². The minimum atomic E-state index is 0.758. The number of nitrogens with zero attached hydrogens (tertiary/aromatic N) is 4. The number of pyridine rings is 2. The molecule has 0 N–H and O–H groups in total. The zero-order chi connectivity index (χ0) is 16.1. The van der Waals surface area contributed by atoms with Crippen LogP contribution in [0.1, 0.15) is 23.2 Å². The molecule has 3 heterocycles. The van der Waals surface area contributed by atoms with Gasteiger partial charge in [-0.15, -0.1) is 0 Å². The van der Waals surface area contributed by atoms with Gasteiger partial charge in [0.25, 0.3) is 0 Å². The van der Waals surface area contributed by atoms with Crippen molar-refractivity contribution in [2.45, 2.75) is 26.4 Å². The second-order valence-corrected chi connectivity index (χ2v) is 6.70. The Morgan fingerprint density at radius 3 is 2.91 bits per heavy atom. The summed E-state index contributed by atoms with van der Waals surface area (Å²) in [5.41, 5.74) is 3.80.